The van der Waals surface area contributed by atoms with Gasteiger partial charge in [-0.2, -0.15) is 0 Å². The summed E-state index contributed by atoms with van der Waals surface area (Å²) in [7, 11) is 0. The van der Waals surface area contributed by atoms with Gasteiger partial charge in [0, 0.05) is 31.7 Å². The Balaban J connectivity index is 1.92. The Bertz CT molecular complexity index is 495. The van der Waals surface area contributed by atoms with Crippen LogP contribution in [0.3, 0.4) is 0 Å². The first kappa shape index (κ1) is 15.6. The van der Waals surface area contributed by atoms with Crippen LogP contribution in [-0.2, 0) is 4.74 Å². The van der Waals surface area contributed by atoms with Crippen LogP contribution in [0.1, 0.15) is 5.56 Å². The lowest BCUT2D eigenvalue weighted by Gasteiger charge is -2.26. The van der Waals surface area contributed by atoms with Gasteiger partial charge in [-0.15, -0.1) is 0 Å². The molecule has 7 heteroatoms. The summed E-state index contributed by atoms with van der Waals surface area (Å²) < 4.78 is 19.7. The van der Waals surface area contributed by atoms with E-state index in [1.165, 1.54) is 0 Å². The molecule has 110 valence electrons. The highest BCUT2D eigenvalue weighted by Crippen LogP contribution is 2.26. The van der Waals surface area contributed by atoms with E-state index in [0.717, 1.165) is 32.8 Å². The van der Waals surface area contributed by atoms with Crippen molar-refractivity contribution in [1.82, 2.24) is 4.90 Å². The zero-order valence-corrected chi connectivity index (χ0v) is 13.4. The maximum atomic E-state index is 14.1. The van der Waals surface area contributed by atoms with Crippen molar-refractivity contribution < 1.29 is 9.13 Å². The van der Waals surface area contributed by atoms with Gasteiger partial charge in [-0.05, 0) is 28.1 Å². The molecule has 1 aromatic rings. The molecular weight excluding hydrogens is 345 g/mol. The first-order chi connectivity index (χ1) is 9.59. The number of thiocarbonyl (C=S) groups is 1. The SMILES string of the molecule is NC(=S)c1ccc(NCCN2CCOCC2)c(F)c1Br. The van der Waals surface area contributed by atoms with E-state index in [4.69, 9.17) is 22.7 Å². The molecule has 0 atom stereocenters. The molecular formula is C13H17BrFN3OS. The summed E-state index contributed by atoms with van der Waals surface area (Å²) in [6, 6.07) is 3.38. The highest BCUT2D eigenvalue weighted by atomic mass is 79.9. The molecule has 0 amide bonds. The number of hydrogen-bond donors (Lipinski definition) is 2. The van der Waals surface area contributed by atoms with E-state index in [9.17, 15) is 4.39 Å². The average Bonchev–Trinajstić information content (AvgIpc) is 2.44. The fourth-order valence-corrected chi connectivity index (χ4v) is 2.91. The van der Waals surface area contributed by atoms with Gasteiger partial charge in [0.1, 0.15) is 4.99 Å². The highest BCUT2D eigenvalue weighted by Gasteiger charge is 2.13. The second-order valence-electron chi connectivity index (χ2n) is 4.53. The number of rotatable bonds is 5. The smallest absolute Gasteiger partial charge is 0.161 e. The van der Waals surface area contributed by atoms with Crippen molar-refractivity contribution in [3.63, 3.8) is 0 Å². The van der Waals surface area contributed by atoms with Crippen LogP contribution in [0.5, 0.6) is 0 Å². The van der Waals surface area contributed by atoms with Gasteiger partial charge in [0.25, 0.3) is 0 Å². The van der Waals surface area contributed by atoms with Crippen molar-refractivity contribution >= 4 is 38.8 Å². The Morgan fingerprint density at radius 3 is 2.80 bits per heavy atom. The predicted molar refractivity (Wildman–Crippen MR) is 85.7 cm³/mol. The number of nitrogens with two attached hydrogens (primary N) is 1. The molecule has 1 fully saturated rings. The van der Waals surface area contributed by atoms with Crippen molar-refractivity contribution in [3.8, 4) is 0 Å². The lowest BCUT2D eigenvalue weighted by Crippen LogP contribution is -2.39. The maximum absolute atomic E-state index is 14.1. The third kappa shape index (κ3) is 3.88. The summed E-state index contributed by atoms with van der Waals surface area (Å²) >= 11 is 8.06. The molecule has 2 rings (SSSR count). The number of hydrogen-bond acceptors (Lipinski definition) is 4. The first-order valence-corrected chi connectivity index (χ1v) is 7.61. The van der Waals surface area contributed by atoms with Crippen LogP contribution in [0.4, 0.5) is 10.1 Å². The summed E-state index contributed by atoms with van der Waals surface area (Å²) in [6.45, 7) is 4.92. The average molecular weight is 362 g/mol. The van der Waals surface area contributed by atoms with E-state index >= 15 is 0 Å². The predicted octanol–water partition coefficient (Wildman–Crippen LogP) is 1.97. The van der Waals surface area contributed by atoms with Crippen molar-refractivity contribution in [3.05, 3.63) is 28.0 Å². The topological polar surface area (TPSA) is 50.5 Å². The van der Waals surface area contributed by atoms with Crippen molar-refractivity contribution in [2.45, 2.75) is 0 Å². The zero-order valence-electron chi connectivity index (χ0n) is 11.0. The molecule has 0 unspecified atom stereocenters. The summed E-state index contributed by atoms with van der Waals surface area (Å²) in [5.74, 6) is -0.364. The minimum atomic E-state index is -0.364. The van der Waals surface area contributed by atoms with Gasteiger partial charge in [-0.3, -0.25) is 4.90 Å². The minimum Gasteiger partial charge on any atom is -0.389 e. The largest absolute Gasteiger partial charge is 0.389 e. The molecule has 1 aromatic carbocycles. The molecule has 1 heterocycles. The molecule has 0 aliphatic carbocycles. The summed E-state index contributed by atoms with van der Waals surface area (Å²) in [5, 5.41) is 3.10. The lowest BCUT2D eigenvalue weighted by atomic mass is 10.2. The third-order valence-electron chi connectivity index (χ3n) is 3.19. The Kier molecular flexibility index (Phi) is 5.71. The number of benzene rings is 1. The Morgan fingerprint density at radius 2 is 2.15 bits per heavy atom. The van der Waals surface area contributed by atoms with Crippen molar-refractivity contribution in [2.75, 3.05) is 44.7 Å². The normalized spacial score (nSPS) is 16.1. The van der Waals surface area contributed by atoms with Crippen LogP contribution in [0.2, 0.25) is 0 Å². The van der Waals surface area contributed by atoms with Gasteiger partial charge in [0.05, 0.1) is 23.4 Å². The monoisotopic (exact) mass is 361 g/mol. The quantitative estimate of drug-likeness (QED) is 0.785. The molecule has 0 radical (unpaired) electrons. The van der Waals surface area contributed by atoms with Crippen LogP contribution in [0.25, 0.3) is 0 Å². The van der Waals surface area contributed by atoms with Gasteiger partial charge >= 0.3 is 0 Å². The van der Waals surface area contributed by atoms with Gasteiger partial charge < -0.3 is 15.8 Å². The number of anilines is 1. The number of ether oxygens (including phenoxy) is 1. The second kappa shape index (κ2) is 7.31. The third-order valence-corrected chi connectivity index (χ3v) is 4.19. The van der Waals surface area contributed by atoms with Gasteiger partial charge in [-0.1, -0.05) is 12.2 Å². The Morgan fingerprint density at radius 1 is 1.45 bits per heavy atom. The van der Waals surface area contributed by atoms with Crippen molar-refractivity contribution in [2.24, 2.45) is 5.73 Å². The highest BCUT2D eigenvalue weighted by molar-refractivity contribution is 9.10. The fraction of sp³-hybridized carbons (Fsp3) is 0.462. The number of halogens is 2. The van der Waals surface area contributed by atoms with Crippen LogP contribution in [0.15, 0.2) is 16.6 Å². The number of nitrogens with one attached hydrogen (secondary N) is 1. The van der Waals surface area contributed by atoms with Gasteiger partial charge in [0.2, 0.25) is 0 Å². The first-order valence-electron chi connectivity index (χ1n) is 6.41. The second-order valence-corrected chi connectivity index (χ2v) is 5.77. The molecule has 4 nitrogen and oxygen atoms in total. The molecule has 1 saturated heterocycles. The van der Waals surface area contributed by atoms with Crippen LogP contribution < -0.4 is 11.1 Å². The van der Waals surface area contributed by atoms with Gasteiger partial charge in [0.15, 0.2) is 5.82 Å². The summed E-state index contributed by atoms with van der Waals surface area (Å²) in [6.07, 6.45) is 0. The summed E-state index contributed by atoms with van der Waals surface area (Å²) in [4.78, 5) is 2.46. The number of nitrogens with zero attached hydrogens (tertiary/aromatic N) is 1. The zero-order chi connectivity index (χ0) is 14.5. The molecule has 3 N–H and O–H groups in total. The molecule has 0 spiro atoms. The van der Waals surface area contributed by atoms with E-state index in [1.807, 2.05) is 0 Å². The molecule has 1 aliphatic heterocycles. The lowest BCUT2D eigenvalue weighted by molar-refractivity contribution is 0.0398. The van der Waals surface area contributed by atoms with E-state index in [1.54, 1.807) is 12.1 Å². The fourth-order valence-electron chi connectivity index (χ4n) is 2.05. The van der Waals surface area contributed by atoms with Crippen molar-refractivity contribution in [1.29, 1.82) is 0 Å². The number of morpholine rings is 1. The van der Waals surface area contributed by atoms with Crippen LogP contribution in [0, 0.1) is 5.82 Å². The molecule has 0 bridgehead atoms. The van der Waals surface area contributed by atoms with E-state index in [-0.39, 0.29) is 10.8 Å². The van der Waals surface area contributed by atoms with Crippen LogP contribution in [-0.4, -0.2) is 49.3 Å². The van der Waals surface area contributed by atoms with E-state index in [2.05, 4.69) is 26.1 Å². The van der Waals surface area contributed by atoms with E-state index in [0.29, 0.717) is 22.3 Å². The van der Waals surface area contributed by atoms with Crippen LogP contribution >= 0.6 is 28.1 Å². The Hall–Kier alpha value is -0.760. The summed E-state index contributed by atoms with van der Waals surface area (Å²) in [5.41, 5.74) is 6.49. The maximum Gasteiger partial charge on any atom is 0.161 e. The standard InChI is InChI=1S/C13H17BrFN3OS/c14-11-9(13(16)20)1-2-10(12(11)15)17-3-4-18-5-7-19-8-6-18/h1-2,17H,3-8H2,(H2,16,20). The molecule has 20 heavy (non-hydrogen) atoms. The molecule has 0 aromatic heterocycles. The molecule has 1 aliphatic rings. The Labute approximate surface area is 131 Å². The minimum absolute atomic E-state index is 0.177. The van der Waals surface area contributed by atoms with Gasteiger partial charge in [-0.25, -0.2) is 4.39 Å². The van der Waals surface area contributed by atoms with E-state index < -0.39 is 0 Å². The molecule has 0 saturated carbocycles.